The van der Waals surface area contributed by atoms with E-state index in [1.807, 2.05) is 18.2 Å². The van der Waals surface area contributed by atoms with Gasteiger partial charge in [0.05, 0.1) is 53.4 Å². The van der Waals surface area contributed by atoms with Gasteiger partial charge in [-0.05, 0) is 107 Å². The van der Waals surface area contributed by atoms with Crippen molar-refractivity contribution in [2.75, 3.05) is 54.4 Å². The number of benzene rings is 1. The molecule has 0 spiro atoms. The van der Waals surface area contributed by atoms with Crippen LogP contribution in [0, 0.1) is 11.8 Å². The lowest BCUT2D eigenvalue weighted by Crippen LogP contribution is -2.45. The van der Waals surface area contributed by atoms with E-state index >= 15 is 0 Å². The van der Waals surface area contributed by atoms with Crippen molar-refractivity contribution in [1.82, 2.24) is 43.7 Å². The van der Waals surface area contributed by atoms with Crippen LogP contribution in [-0.4, -0.2) is 114 Å². The van der Waals surface area contributed by atoms with Crippen LogP contribution in [0.15, 0.2) is 47.7 Å². The smallest absolute Gasteiger partial charge is 0.329 e. The fraction of sp³-hybridized carbons (Fsp3) is 0.578. The summed E-state index contributed by atoms with van der Waals surface area (Å²) in [5, 5.41) is 13.7. The lowest BCUT2D eigenvalue weighted by atomic mass is 9.78. The largest absolute Gasteiger partial charge is 0.374 e. The molecule has 5 saturated heterocycles. The van der Waals surface area contributed by atoms with Crippen molar-refractivity contribution in [3.63, 3.8) is 0 Å². The molecule has 19 heteroatoms. The predicted octanol–water partition coefficient (Wildman–Crippen LogP) is 4.84. The standard InChI is InChI=1S/C45H54F2N12O5/c1-53-40-34(3-2-4-35(40)59(45(53)63)36-9-10-38(60)51-44(36)62)55-18-13-27(14-19-55)26-11-16-54(17-12-26)28-5-7-29(8-6-28)58-24-33(39(52-58)41(46)47)49-43(61)32-22-48-57-20-15-37(50-42(32)57)56-23-31-21-30(56)25-64-31/h2-4,15,20,22,24,26-31,36,41H,5-14,16-19,21,23,25H2,1H3,(H,49,61)(H,51,60,62)/t28?,29?,30-,31-,36?/m1/s1. The molecule has 3 amide bonds. The molecule has 338 valence electrons. The minimum atomic E-state index is -2.85. The van der Waals surface area contributed by atoms with E-state index in [0.717, 1.165) is 108 Å². The Balaban J connectivity index is 0.682. The molecule has 11 rings (SSSR count). The quantitative estimate of drug-likeness (QED) is 0.195. The topological polar surface area (TPSA) is 169 Å². The number of alkyl halides is 2. The van der Waals surface area contributed by atoms with E-state index in [2.05, 4.69) is 41.6 Å². The van der Waals surface area contributed by atoms with Gasteiger partial charge in [-0.15, -0.1) is 0 Å². The summed E-state index contributed by atoms with van der Waals surface area (Å²) in [6.07, 6.45) is 11.6. The molecule has 2 bridgehead atoms. The van der Waals surface area contributed by atoms with Crippen LogP contribution in [0.3, 0.4) is 0 Å². The zero-order valence-corrected chi connectivity index (χ0v) is 36.0. The van der Waals surface area contributed by atoms with E-state index in [9.17, 15) is 28.0 Å². The van der Waals surface area contributed by atoms with Crippen LogP contribution in [0.5, 0.6) is 0 Å². The van der Waals surface area contributed by atoms with Crippen molar-refractivity contribution < 1.29 is 27.9 Å². The molecule has 6 aliphatic rings. The second-order valence-electron chi connectivity index (χ2n) is 18.8. The molecule has 1 unspecified atom stereocenters. The van der Waals surface area contributed by atoms with E-state index in [1.165, 1.54) is 10.7 Å². The van der Waals surface area contributed by atoms with Crippen molar-refractivity contribution in [2.24, 2.45) is 18.9 Å². The normalized spacial score (nSPS) is 26.2. The predicted molar refractivity (Wildman–Crippen MR) is 233 cm³/mol. The number of morpholine rings is 1. The number of likely N-dealkylation sites (tertiary alicyclic amines) is 1. The van der Waals surface area contributed by atoms with Gasteiger partial charge in [0.1, 0.15) is 17.4 Å². The van der Waals surface area contributed by atoms with Crippen LogP contribution in [0.2, 0.25) is 0 Å². The third-order valence-corrected chi connectivity index (χ3v) is 15.3. The number of imide groups is 1. The summed E-state index contributed by atoms with van der Waals surface area (Å²) in [5.41, 5.74) is 2.42. The number of hydrogen-bond acceptors (Lipinski definition) is 11. The molecule has 5 aromatic rings. The first-order valence-electron chi connectivity index (χ1n) is 23.0. The van der Waals surface area contributed by atoms with E-state index in [-0.39, 0.29) is 47.5 Å². The molecule has 6 fully saturated rings. The highest BCUT2D eigenvalue weighted by Crippen LogP contribution is 2.40. The molecule has 17 nitrogen and oxygen atoms in total. The lowest BCUT2D eigenvalue weighted by molar-refractivity contribution is -0.135. The number of para-hydroxylation sites is 1. The number of carbonyl (C=O) groups is 3. The molecule has 0 radical (unpaired) electrons. The van der Waals surface area contributed by atoms with Crippen molar-refractivity contribution in [3.05, 3.63) is 64.6 Å². The van der Waals surface area contributed by atoms with Crippen molar-refractivity contribution in [2.45, 2.75) is 107 Å². The average Bonchev–Trinajstić information content (AvgIpc) is 4.17. The number of nitrogens with one attached hydrogen (secondary N) is 2. The maximum absolute atomic E-state index is 14.4. The Bertz CT molecular complexity index is 2670. The number of imidazole rings is 1. The van der Waals surface area contributed by atoms with Gasteiger partial charge < -0.3 is 24.8 Å². The number of fused-ring (bicyclic) bond motifs is 4. The van der Waals surface area contributed by atoms with Crippen LogP contribution in [0.4, 0.5) is 26.0 Å². The van der Waals surface area contributed by atoms with Gasteiger partial charge in [0.15, 0.2) is 11.3 Å². The minimum absolute atomic E-state index is 0.00562. The van der Waals surface area contributed by atoms with Gasteiger partial charge in [0.25, 0.3) is 12.3 Å². The number of anilines is 3. The van der Waals surface area contributed by atoms with Gasteiger partial charge in [0.2, 0.25) is 11.8 Å². The maximum Gasteiger partial charge on any atom is 0.329 e. The molecule has 9 heterocycles. The first-order chi connectivity index (χ1) is 31.1. The van der Waals surface area contributed by atoms with E-state index in [0.29, 0.717) is 42.1 Å². The zero-order valence-electron chi connectivity index (χ0n) is 36.0. The first kappa shape index (κ1) is 41.0. The maximum atomic E-state index is 14.4. The molecule has 1 aromatic carbocycles. The van der Waals surface area contributed by atoms with Crippen LogP contribution in [0.25, 0.3) is 16.7 Å². The second kappa shape index (κ2) is 16.4. The van der Waals surface area contributed by atoms with Crippen molar-refractivity contribution in [1.29, 1.82) is 0 Å². The molecule has 64 heavy (non-hydrogen) atoms. The van der Waals surface area contributed by atoms with Crippen LogP contribution in [-0.2, 0) is 21.4 Å². The average molecular weight is 881 g/mol. The van der Waals surface area contributed by atoms with Crippen molar-refractivity contribution in [3.8, 4) is 0 Å². The fourth-order valence-corrected chi connectivity index (χ4v) is 11.9. The summed E-state index contributed by atoms with van der Waals surface area (Å²) >= 11 is 0. The Kier molecular flexibility index (Phi) is 10.5. The summed E-state index contributed by atoms with van der Waals surface area (Å²) in [4.78, 5) is 63.6. The number of rotatable bonds is 9. The molecule has 3 atom stereocenters. The number of aromatic nitrogens is 7. The first-order valence-corrected chi connectivity index (χ1v) is 23.0. The van der Waals surface area contributed by atoms with Gasteiger partial charge in [-0.3, -0.25) is 33.5 Å². The highest BCUT2D eigenvalue weighted by molar-refractivity contribution is 6.08. The molecule has 2 N–H and O–H groups in total. The Hall–Kier alpha value is -5.69. The van der Waals surface area contributed by atoms with E-state index < -0.39 is 30.0 Å². The molecule has 5 aliphatic heterocycles. The number of carbonyl (C=O) groups excluding carboxylic acids is 3. The highest BCUT2D eigenvalue weighted by Gasteiger charge is 2.40. The molecular formula is C45H54F2N12O5. The molecule has 4 aromatic heterocycles. The zero-order chi connectivity index (χ0) is 43.8. The third kappa shape index (κ3) is 7.23. The van der Waals surface area contributed by atoms with E-state index in [4.69, 9.17) is 9.72 Å². The van der Waals surface area contributed by atoms with Crippen LogP contribution < -0.4 is 26.1 Å². The Morgan fingerprint density at radius 3 is 2.38 bits per heavy atom. The minimum Gasteiger partial charge on any atom is -0.374 e. The Morgan fingerprint density at radius 2 is 1.67 bits per heavy atom. The summed E-state index contributed by atoms with van der Waals surface area (Å²) in [6.45, 7) is 5.28. The number of hydrogen-bond donors (Lipinski definition) is 2. The monoisotopic (exact) mass is 880 g/mol. The summed E-state index contributed by atoms with van der Waals surface area (Å²) < 4.78 is 40.8. The van der Waals surface area contributed by atoms with Gasteiger partial charge in [-0.2, -0.15) is 10.2 Å². The molecule has 1 aliphatic carbocycles. The fourth-order valence-electron chi connectivity index (χ4n) is 11.9. The van der Waals surface area contributed by atoms with E-state index in [1.54, 1.807) is 33.3 Å². The summed E-state index contributed by atoms with van der Waals surface area (Å²) in [6, 6.07) is 7.72. The van der Waals surface area contributed by atoms with Crippen molar-refractivity contribution >= 4 is 51.6 Å². The summed E-state index contributed by atoms with van der Waals surface area (Å²) in [7, 11) is 1.76. The van der Waals surface area contributed by atoms with Gasteiger partial charge in [0, 0.05) is 51.5 Å². The SMILES string of the molecule is Cn1c(=O)n(C2CCC(=O)NC2=O)c2cccc(N3CCC(C4CCN(C5CCC(n6cc(NC(=O)c7cnn8ccc(N9C[C@H]%10C[C@@H]9CO%10)nc78)c(C(F)F)n6)CC5)CC4)CC3)c21. The highest BCUT2D eigenvalue weighted by atomic mass is 19.3. The number of nitrogens with zero attached hydrogens (tertiary/aromatic N) is 10. The third-order valence-electron chi connectivity index (χ3n) is 15.3. The van der Waals surface area contributed by atoms with Crippen LogP contribution in [0.1, 0.15) is 105 Å². The number of halogens is 2. The van der Waals surface area contributed by atoms with Gasteiger partial charge in [-0.1, -0.05) is 6.07 Å². The molecule has 1 saturated carbocycles. The lowest BCUT2D eigenvalue weighted by Gasteiger charge is -2.44. The number of amides is 3. The number of aryl methyl sites for hydroxylation is 1. The number of ether oxygens (including phenoxy) is 1. The second-order valence-corrected chi connectivity index (χ2v) is 18.8. The molecular weight excluding hydrogens is 827 g/mol. The number of piperidine rings is 3. The Morgan fingerprint density at radius 1 is 0.922 bits per heavy atom. The van der Waals surface area contributed by atoms with Gasteiger partial charge in [-0.25, -0.2) is 23.1 Å². The summed E-state index contributed by atoms with van der Waals surface area (Å²) in [5.74, 6) is 0.729. The van der Waals surface area contributed by atoms with Crippen LogP contribution >= 0.6 is 0 Å². The van der Waals surface area contributed by atoms with Gasteiger partial charge >= 0.3 is 5.69 Å². The Labute approximate surface area is 367 Å².